The maximum atomic E-state index is 11.2. The summed E-state index contributed by atoms with van der Waals surface area (Å²) in [6.07, 6.45) is -0.537. The van der Waals surface area contributed by atoms with Gasteiger partial charge in [-0.25, -0.2) is 4.98 Å². The van der Waals surface area contributed by atoms with Gasteiger partial charge in [-0.2, -0.15) is 4.98 Å². The standard InChI is InChI=1S/C21H23ClN6O4/c1-10-11(2-5-15-18(10)19(23)28-21(24)27-15)8-25-13-3-4-14(22)12(6-13)9-26-16(20(31)32)7-17(29)30/h2-6,16,25-26H,7-9H2,1H3,(H,29,30)(H,31,32)(H4,23,24,27,28)/t16-/m0/s1. The van der Waals surface area contributed by atoms with Crippen molar-refractivity contribution in [1.29, 1.82) is 0 Å². The van der Waals surface area contributed by atoms with Crippen molar-refractivity contribution < 1.29 is 19.8 Å². The molecule has 1 aromatic heterocycles. The fourth-order valence-electron chi connectivity index (χ4n) is 3.35. The Bertz CT molecular complexity index is 1190. The number of aliphatic carboxylic acids is 2. The minimum absolute atomic E-state index is 0.100. The molecule has 1 atom stereocenters. The van der Waals surface area contributed by atoms with E-state index >= 15 is 0 Å². The third-order valence-corrected chi connectivity index (χ3v) is 5.39. The predicted octanol–water partition coefficient (Wildman–Crippen LogP) is 2.39. The topological polar surface area (TPSA) is 176 Å². The van der Waals surface area contributed by atoms with Crippen LogP contribution in [0.5, 0.6) is 0 Å². The summed E-state index contributed by atoms with van der Waals surface area (Å²) in [5.41, 5.74) is 15.7. The average molecular weight is 459 g/mol. The number of carbonyl (C=O) groups is 2. The summed E-state index contributed by atoms with van der Waals surface area (Å²) in [7, 11) is 0. The largest absolute Gasteiger partial charge is 0.481 e. The van der Waals surface area contributed by atoms with E-state index in [0.717, 1.165) is 22.2 Å². The Morgan fingerprint density at radius 1 is 1.09 bits per heavy atom. The molecule has 0 spiro atoms. The van der Waals surface area contributed by atoms with E-state index in [-0.39, 0.29) is 12.5 Å². The Kier molecular flexibility index (Phi) is 6.96. The van der Waals surface area contributed by atoms with Gasteiger partial charge in [0, 0.05) is 29.2 Å². The lowest BCUT2D eigenvalue weighted by molar-refractivity contribution is -0.146. The first-order valence-electron chi connectivity index (χ1n) is 9.67. The Morgan fingerprint density at radius 3 is 2.53 bits per heavy atom. The Morgan fingerprint density at radius 2 is 1.84 bits per heavy atom. The number of aryl methyl sites for hydroxylation is 1. The highest BCUT2D eigenvalue weighted by molar-refractivity contribution is 6.31. The van der Waals surface area contributed by atoms with Crippen molar-refractivity contribution in [3.8, 4) is 0 Å². The van der Waals surface area contributed by atoms with Gasteiger partial charge in [0.05, 0.1) is 11.9 Å². The van der Waals surface area contributed by atoms with Crippen molar-refractivity contribution in [2.75, 3.05) is 16.8 Å². The van der Waals surface area contributed by atoms with Crippen LogP contribution in [-0.2, 0) is 22.7 Å². The zero-order valence-corrected chi connectivity index (χ0v) is 18.0. The van der Waals surface area contributed by atoms with Gasteiger partial charge in [-0.05, 0) is 47.9 Å². The number of nitrogen functional groups attached to an aromatic ring is 2. The normalized spacial score (nSPS) is 11.9. The van der Waals surface area contributed by atoms with Crippen molar-refractivity contribution in [2.45, 2.75) is 32.5 Å². The number of nitrogens with zero attached hydrogens (tertiary/aromatic N) is 2. The molecule has 0 radical (unpaired) electrons. The molecule has 3 aromatic rings. The van der Waals surface area contributed by atoms with E-state index in [9.17, 15) is 14.7 Å². The van der Waals surface area contributed by atoms with Crippen LogP contribution in [0.3, 0.4) is 0 Å². The number of carboxylic acid groups (broad SMARTS) is 2. The van der Waals surface area contributed by atoms with Crippen molar-refractivity contribution in [2.24, 2.45) is 0 Å². The minimum Gasteiger partial charge on any atom is -0.481 e. The molecule has 0 amide bonds. The van der Waals surface area contributed by atoms with Crippen LogP contribution in [0.1, 0.15) is 23.1 Å². The molecular formula is C21H23ClN6O4. The summed E-state index contributed by atoms with van der Waals surface area (Å²) >= 11 is 6.23. The summed E-state index contributed by atoms with van der Waals surface area (Å²) in [6, 6.07) is 7.81. The van der Waals surface area contributed by atoms with Gasteiger partial charge in [0.2, 0.25) is 5.95 Å². The number of benzene rings is 2. The van der Waals surface area contributed by atoms with Gasteiger partial charge in [-0.1, -0.05) is 17.7 Å². The monoisotopic (exact) mass is 458 g/mol. The first-order valence-corrected chi connectivity index (χ1v) is 10.0. The third-order valence-electron chi connectivity index (χ3n) is 5.03. The number of fused-ring (bicyclic) bond motifs is 1. The van der Waals surface area contributed by atoms with Crippen LogP contribution < -0.4 is 22.1 Å². The molecule has 1 heterocycles. The number of nitrogens with one attached hydrogen (secondary N) is 2. The minimum atomic E-state index is -1.24. The Balaban J connectivity index is 1.74. The molecular weight excluding hydrogens is 436 g/mol. The summed E-state index contributed by atoms with van der Waals surface area (Å²) in [4.78, 5) is 30.3. The van der Waals surface area contributed by atoms with E-state index in [4.69, 9.17) is 28.2 Å². The zero-order chi connectivity index (χ0) is 23.4. The molecule has 0 saturated carbocycles. The van der Waals surface area contributed by atoms with E-state index in [1.807, 2.05) is 19.1 Å². The van der Waals surface area contributed by atoms with Crippen molar-refractivity contribution in [3.63, 3.8) is 0 Å². The first kappa shape index (κ1) is 23.0. The molecule has 0 aliphatic carbocycles. The second-order valence-corrected chi connectivity index (χ2v) is 7.65. The fourth-order valence-corrected chi connectivity index (χ4v) is 3.53. The zero-order valence-electron chi connectivity index (χ0n) is 17.2. The lowest BCUT2D eigenvalue weighted by atomic mass is 10.0. The molecule has 0 bridgehead atoms. The SMILES string of the molecule is Cc1c(CNc2ccc(Cl)c(CN[C@@H](CC(=O)O)C(=O)O)c2)ccc2nc(N)nc(N)c12. The molecule has 168 valence electrons. The second kappa shape index (κ2) is 9.67. The molecule has 3 rings (SSSR count). The molecule has 0 saturated heterocycles. The van der Waals surface area contributed by atoms with E-state index in [1.165, 1.54) is 0 Å². The third kappa shape index (κ3) is 5.34. The number of anilines is 3. The van der Waals surface area contributed by atoms with E-state index in [2.05, 4.69) is 20.6 Å². The maximum Gasteiger partial charge on any atom is 0.321 e. The van der Waals surface area contributed by atoms with Gasteiger partial charge in [-0.15, -0.1) is 0 Å². The number of hydrogen-bond acceptors (Lipinski definition) is 8. The number of hydrogen-bond donors (Lipinski definition) is 6. The molecule has 0 fully saturated rings. The molecule has 0 aliphatic rings. The first-order chi connectivity index (χ1) is 15.2. The highest BCUT2D eigenvalue weighted by Crippen LogP contribution is 2.27. The molecule has 0 aliphatic heterocycles. The van der Waals surface area contributed by atoms with E-state index in [1.54, 1.807) is 18.2 Å². The molecule has 10 nitrogen and oxygen atoms in total. The fraction of sp³-hybridized carbons (Fsp3) is 0.238. The molecule has 8 N–H and O–H groups in total. The van der Waals surface area contributed by atoms with Crippen LogP contribution in [0.4, 0.5) is 17.5 Å². The Hall–Kier alpha value is -3.63. The van der Waals surface area contributed by atoms with Crippen molar-refractivity contribution >= 4 is 51.9 Å². The molecule has 0 unspecified atom stereocenters. The summed E-state index contributed by atoms with van der Waals surface area (Å²) in [5.74, 6) is -2.00. The highest BCUT2D eigenvalue weighted by Gasteiger charge is 2.20. The number of halogens is 1. The summed E-state index contributed by atoms with van der Waals surface area (Å²) in [5, 5.41) is 25.2. The molecule has 11 heteroatoms. The predicted molar refractivity (Wildman–Crippen MR) is 122 cm³/mol. The van der Waals surface area contributed by atoms with Crippen LogP contribution in [-0.4, -0.2) is 38.2 Å². The summed E-state index contributed by atoms with van der Waals surface area (Å²) in [6.45, 7) is 2.51. The van der Waals surface area contributed by atoms with Gasteiger partial charge in [-0.3, -0.25) is 14.9 Å². The number of rotatable bonds is 9. The average Bonchev–Trinajstić information content (AvgIpc) is 2.71. The van der Waals surface area contributed by atoms with E-state index in [0.29, 0.717) is 28.5 Å². The van der Waals surface area contributed by atoms with Crippen LogP contribution in [0, 0.1) is 6.92 Å². The van der Waals surface area contributed by atoms with Crippen LogP contribution in [0.2, 0.25) is 5.02 Å². The van der Waals surface area contributed by atoms with Gasteiger partial charge >= 0.3 is 11.9 Å². The van der Waals surface area contributed by atoms with Gasteiger partial charge in [0.15, 0.2) is 0 Å². The lowest BCUT2D eigenvalue weighted by Gasteiger charge is -2.15. The maximum absolute atomic E-state index is 11.2. The summed E-state index contributed by atoms with van der Waals surface area (Å²) < 4.78 is 0. The van der Waals surface area contributed by atoms with Crippen LogP contribution in [0.15, 0.2) is 30.3 Å². The number of nitrogens with two attached hydrogens (primary N) is 2. The van der Waals surface area contributed by atoms with Crippen LogP contribution in [0.25, 0.3) is 10.9 Å². The number of aromatic nitrogens is 2. The molecule has 2 aromatic carbocycles. The lowest BCUT2D eigenvalue weighted by Crippen LogP contribution is -2.38. The molecule has 32 heavy (non-hydrogen) atoms. The highest BCUT2D eigenvalue weighted by atomic mass is 35.5. The number of carboxylic acids is 2. The van der Waals surface area contributed by atoms with Gasteiger partial charge in [0.1, 0.15) is 11.9 Å². The van der Waals surface area contributed by atoms with Crippen LogP contribution >= 0.6 is 11.6 Å². The van der Waals surface area contributed by atoms with Gasteiger partial charge < -0.3 is 27.0 Å². The van der Waals surface area contributed by atoms with E-state index < -0.39 is 24.4 Å². The van der Waals surface area contributed by atoms with Gasteiger partial charge in [0.25, 0.3) is 0 Å². The van der Waals surface area contributed by atoms with Crippen molar-refractivity contribution in [3.05, 3.63) is 52.0 Å². The smallest absolute Gasteiger partial charge is 0.321 e. The second-order valence-electron chi connectivity index (χ2n) is 7.24. The Labute approximate surface area is 188 Å². The van der Waals surface area contributed by atoms with Crippen molar-refractivity contribution in [1.82, 2.24) is 15.3 Å². The quantitative estimate of drug-likeness (QED) is 0.279.